The molecule has 200 valence electrons. The van der Waals surface area contributed by atoms with Crippen LogP contribution in [0, 0.1) is 0 Å². The molecule has 0 atom stereocenters. The molecule has 3 N–H and O–H groups in total. The maximum absolute atomic E-state index is 12.0. The Morgan fingerprint density at radius 2 is 1.42 bits per heavy atom. The Hall–Kier alpha value is -4.27. The highest BCUT2D eigenvalue weighted by Gasteiger charge is 2.19. The number of rotatable bonds is 3. The lowest BCUT2D eigenvalue weighted by molar-refractivity contribution is -0.193. The zero-order valence-electron chi connectivity index (χ0n) is 22.0. The first-order valence-corrected chi connectivity index (χ1v) is 11.7. The third-order valence-electron chi connectivity index (χ3n) is 5.15. The lowest BCUT2D eigenvalue weighted by atomic mass is 9.86. The van der Waals surface area contributed by atoms with Gasteiger partial charge in [-0.3, -0.25) is 4.57 Å². The molecule has 0 fully saturated rings. The number of aromatic nitrogens is 2. The van der Waals surface area contributed by atoms with Crippen molar-refractivity contribution >= 4 is 52.9 Å². The standard InChI is InChI=1S/C15H19NO2.C10H12BNO2.2CO2/c1-5-11-6-7-13-12(10-11)8-9-16(13)14(17)18-15(2,3)4;1-2-7-3-4-9-8(5-7)6-10(12-9)11(13)14;2*2-1-3/h6-10H,5H2,1-4H3;3-6,12-14H,2H2,1H3;;. The van der Waals surface area contributed by atoms with Gasteiger partial charge in [0.1, 0.15) is 5.60 Å². The van der Waals surface area contributed by atoms with Gasteiger partial charge in [-0.05, 0) is 86.5 Å². The summed E-state index contributed by atoms with van der Waals surface area (Å²) in [5, 5.41) is 20.0. The van der Waals surface area contributed by atoms with Gasteiger partial charge in [0.2, 0.25) is 0 Å². The Bertz CT molecular complexity index is 1390. The van der Waals surface area contributed by atoms with Crippen LogP contribution in [0.3, 0.4) is 0 Å². The Morgan fingerprint density at radius 1 is 0.895 bits per heavy atom. The summed E-state index contributed by atoms with van der Waals surface area (Å²) in [6, 6.07) is 15.9. The number of hydrogen-bond acceptors (Lipinski definition) is 8. The van der Waals surface area contributed by atoms with E-state index in [1.165, 1.54) is 11.1 Å². The van der Waals surface area contributed by atoms with Crippen LogP contribution in [-0.4, -0.2) is 50.7 Å². The summed E-state index contributed by atoms with van der Waals surface area (Å²) < 4.78 is 6.93. The van der Waals surface area contributed by atoms with Crippen molar-refractivity contribution in [2.45, 2.75) is 53.1 Å². The van der Waals surface area contributed by atoms with Crippen molar-refractivity contribution in [1.29, 1.82) is 0 Å². The fourth-order valence-corrected chi connectivity index (χ4v) is 3.45. The SMILES string of the molecule is CCc1ccc2[nH]c(B(O)O)cc2c1.CCc1ccc2c(ccn2C(=O)OC(C)(C)C)c1.O=C=O.O=C=O. The summed E-state index contributed by atoms with van der Waals surface area (Å²) in [6.07, 6.45) is 3.91. The molecule has 4 aromatic rings. The second-order valence-electron chi connectivity index (χ2n) is 8.95. The largest absolute Gasteiger partial charge is 0.505 e. The second-order valence-corrected chi connectivity index (χ2v) is 8.95. The Labute approximate surface area is 220 Å². The normalized spacial score (nSPS) is 9.97. The van der Waals surface area contributed by atoms with Crippen LogP contribution in [0.15, 0.2) is 54.7 Å². The van der Waals surface area contributed by atoms with Crippen LogP contribution in [0.5, 0.6) is 0 Å². The van der Waals surface area contributed by atoms with Crippen LogP contribution < -0.4 is 5.59 Å². The molecule has 2 heterocycles. The maximum Gasteiger partial charge on any atom is 0.505 e. The zero-order valence-corrected chi connectivity index (χ0v) is 22.0. The first-order chi connectivity index (χ1) is 17.9. The van der Waals surface area contributed by atoms with E-state index in [2.05, 4.69) is 31.0 Å². The van der Waals surface area contributed by atoms with E-state index in [0.29, 0.717) is 5.59 Å². The predicted octanol–water partition coefficient (Wildman–Crippen LogP) is 3.23. The van der Waals surface area contributed by atoms with E-state index in [1.54, 1.807) is 16.8 Å². The fraction of sp³-hybridized carbons (Fsp3) is 0.296. The average Bonchev–Trinajstić information content (AvgIpc) is 3.48. The van der Waals surface area contributed by atoms with Gasteiger partial charge in [0.25, 0.3) is 0 Å². The molecular weight excluding hydrogens is 491 g/mol. The van der Waals surface area contributed by atoms with E-state index < -0.39 is 12.7 Å². The van der Waals surface area contributed by atoms with Crippen molar-refractivity contribution in [3.8, 4) is 0 Å². The Morgan fingerprint density at radius 3 is 1.92 bits per heavy atom. The number of nitrogens with zero attached hydrogens (tertiary/aromatic N) is 1. The van der Waals surface area contributed by atoms with Crippen molar-refractivity contribution in [3.63, 3.8) is 0 Å². The van der Waals surface area contributed by atoms with Gasteiger partial charge in [-0.25, -0.2) is 4.79 Å². The molecule has 0 aliphatic carbocycles. The van der Waals surface area contributed by atoms with E-state index in [-0.39, 0.29) is 18.4 Å². The number of carbonyl (C=O) groups is 1. The summed E-state index contributed by atoms with van der Waals surface area (Å²) in [4.78, 5) is 47.5. The van der Waals surface area contributed by atoms with Gasteiger partial charge in [-0.1, -0.05) is 26.0 Å². The van der Waals surface area contributed by atoms with Crippen LogP contribution >= 0.6 is 0 Å². The smallest absolute Gasteiger partial charge is 0.443 e. The highest BCUT2D eigenvalue weighted by atomic mass is 16.6. The highest BCUT2D eigenvalue weighted by Crippen LogP contribution is 2.20. The molecule has 0 radical (unpaired) electrons. The first kappa shape index (κ1) is 31.8. The van der Waals surface area contributed by atoms with Crippen LogP contribution in [0.2, 0.25) is 0 Å². The fourth-order valence-electron chi connectivity index (χ4n) is 3.45. The number of H-pyrrole nitrogens is 1. The minimum atomic E-state index is -1.42. The molecule has 0 saturated carbocycles. The average molecular weight is 522 g/mol. The highest BCUT2D eigenvalue weighted by molar-refractivity contribution is 6.58. The van der Waals surface area contributed by atoms with Gasteiger partial charge in [-0.15, -0.1) is 0 Å². The number of carbonyl (C=O) groups excluding carboxylic acids is 5. The first-order valence-electron chi connectivity index (χ1n) is 11.7. The van der Waals surface area contributed by atoms with Gasteiger partial charge < -0.3 is 19.8 Å². The number of aryl methyl sites for hydroxylation is 2. The van der Waals surface area contributed by atoms with Crippen LogP contribution in [0.4, 0.5) is 4.79 Å². The summed E-state index contributed by atoms with van der Waals surface area (Å²) in [5.41, 5.74) is 4.30. The van der Waals surface area contributed by atoms with Crippen molar-refractivity contribution in [1.82, 2.24) is 9.55 Å². The minimum absolute atomic E-state index is 0.250. The van der Waals surface area contributed by atoms with Crippen molar-refractivity contribution in [3.05, 3.63) is 65.9 Å². The Kier molecular flexibility index (Phi) is 12.6. The number of aromatic amines is 1. The topological polar surface area (TPSA) is 156 Å². The minimum Gasteiger partial charge on any atom is -0.443 e. The van der Waals surface area contributed by atoms with E-state index in [0.717, 1.165) is 34.6 Å². The number of fused-ring (bicyclic) bond motifs is 2. The number of ether oxygens (including phenoxy) is 1. The molecule has 4 rings (SSSR count). The molecular formula is C27H31BN2O8. The third kappa shape index (κ3) is 9.65. The molecule has 0 saturated heterocycles. The van der Waals surface area contributed by atoms with Crippen LogP contribution in [0.25, 0.3) is 21.8 Å². The van der Waals surface area contributed by atoms with Crippen LogP contribution in [-0.2, 0) is 36.8 Å². The van der Waals surface area contributed by atoms with Crippen molar-refractivity contribution in [2.75, 3.05) is 0 Å². The third-order valence-corrected chi connectivity index (χ3v) is 5.15. The summed E-state index contributed by atoms with van der Waals surface area (Å²) >= 11 is 0. The zero-order chi connectivity index (χ0) is 28.9. The number of hydrogen-bond donors (Lipinski definition) is 3. The van der Waals surface area contributed by atoms with E-state index >= 15 is 0 Å². The molecule has 0 amide bonds. The molecule has 2 aromatic heterocycles. The molecule has 38 heavy (non-hydrogen) atoms. The molecule has 10 nitrogen and oxygen atoms in total. The predicted molar refractivity (Wildman–Crippen MR) is 140 cm³/mol. The van der Waals surface area contributed by atoms with Gasteiger partial charge >= 0.3 is 25.5 Å². The van der Waals surface area contributed by atoms with Gasteiger partial charge in [0.05, 0.1) is 5.52 Å². The molecule has 0 spiro atoms. The van der Waals surface area contributed by atoms with E-state index in [9.17, 15) is 4.79 Å². The summed E-state index contributed by atoms with van der Waals surface area (Å²) in [6.45, 7) is 9.81. The number of benzene rings is 2. The summed E-state index contributed by atoms with van der Waals surface area (Å²) in [5.74, 6) is 0. The Balaban J connectivity index is 0.000000321. The van der Waals surface area contributed by atoms with Crippen LogP contribution in [0.1, 0.15) is 45.7 Å². The molecule has 2 aromatic carbocycles. The van der Waals surface area contributed by atoms with E-state index in [1.807, 2.05) is 51.1 Å². The quantitative estimate of drug-likeness (QED) is 0.347. The second kappa shape index (κ2) is 15.1. The van der Waals surface area contributed by atoms with Gasteiger partial charge in [-0.2, -0.15) is 19.2 Å². The lowest BCUT2D eigenvalue weighted by Crippen LogP contribution is -2.30. The molecule has 11 heteroatoms. The van der Waals surface area contributed by atoms with Gasteiger partial charge in [0, 0.05) is 22.7 Å². The van der Waals surface area contributed by atoms with Gasteiger partial charge in [0.15, 0.2) is 0 Å². The van der Waals surface area contributed by atoms with Crippen molar-refractivity contribution < 1.29 is 38.8 Å². The molecule has 0 bridgehead atoms. The molecule has 0 unspecified atom stereocenters. The van der Waals surface area contributed by atoms with E-state index in [4.69, 9.17) is 34.0 Å². The maximum atomic E-state index is 12.0. The lowest BCUT2D eigenvalue weighted by Gasteiger charge is -2.19. The monoisotopic (exact) mass is 522 g/mol. The molecule has 0 aliphatic heterocycles. The molecule has 0 aliphatic rings. The summed E-state index contributed by atoms with van der Waals surface area (Å²) in [7, 11) is -1.42. The number of nitrogens with one attached hydrogen (secondary N) is 1. The van der Waals surface area contributed by atoms with Crippen molar-refractivity contribution in [2.24, 2.45) is 0 Å².